The third kappa shape index (κ3) is 5.77. The second-order valence-corrected chi connectivity index (χ2v) is 6.37. The van der Waals surface area contributed by atoms with Gasteiger partial charge in [-0.2, -0.15) is 0 Å². The molecule has 0 aromatic carbocycles. The zero-order valence-electron chi connectivity index (χ0n) is 12.9. The molecule has 0 bridgehead atoms. The van der Waals surface area contributed by atoms with Gasteiger partial charge in [0.1, 0.15) is 5.60 Å². The van der Waals surface area contributed by atoms with Crippen molar-refractivity contribution in [3.63, 3.8) is 0 Å². The van der Waals surface area contributed by atoms with E-state index in [0.29, 0.717) is 6.54 Å². The van der Waals surface area contributed by atoms with Gasteiger partial charge in [0.15, 0.2) is 0 Å². The van der Waals surface area contributed by atoms with Crippen molar-refractivity contribution >= 4 is 12.1 Å². The van der Waals surface area contributed by atoms with Gasteiger partial charge in [0, 0.05) is 19.6 Å². The topological polar surface area (TPSA) is 70.1 Å². The lowest BCUT2D eigenvalue weighted by Crippen LogP contribution is -2.49. The Morgan fingerprint density at radius 2 is 2.00 bits per heavy atom. The van der Waals surface area contributed by atoms with Crippen molar-refractivity contribution in [3.05, 3.63) is 0 Å². The third-order valence-corrected chi connectivity index (χ3v) is 3.28. The number of amides is 1. The van der Waals surface area contributed by atoms with E-state index in [1.54, 1.807) is 7.05 Å². The van der Waals surface area contributed by atoms with Gasteiger partial charge < -0.3 is 14.7 Å². The molecule has 0 aromatic rings. The van der Waals surface area contributed by atoms with Gasteiger partial charge in [-0.1, -0.05) is 6.42 Å². The largest absolute Gasteiger partial charge is 0.480 e. The highest BCUT2D eigenvalue weighted by Gasteiger charge is 2.28. The minimum absolute atomic E-state index is 0.0345. The first kappa shape index (κ1) is 16.8. The lowest BCUT2D eigenvalue weighted by Gasteiger charge is -2.37. The van der Waals surface area contributed by atoms with E-state index >= 15 is 0 Å². The second kappa shape index (κ2) is 6.92. The highest BCUT2D eigenvalue weighted by atomic mass is 16.6. The van der Waals surface area contributed by atoms with Crippen molar-refractivity contribution in [2.75, 3.05) is 26.7 Å². The summed E-state index contributed by atoms with van der Waals surface area (Å²) in [6.07, 6.45) is 2.64. The fourth-order valence-electron chi connectivity index (χ4n) is 2.38. The van der Waals surface area contributed by atoms with Gasteiger partial charge >= 0.3 is 12.1 Å². The summed E-state index contributed by atoms with van der Waals surface area (Å²) in [6.45, 7) is 6.80. The minimum Gasteiger partial charge on any atom is -0.480 e. The van der Waals surface area contributed by atoms with Crippen LogP contribution in [-0.4, -0.2) is 65.3 Å². The maximum atomic E-state index is 11.9. The molecule has 1 heterocycles. The van der Waals surface area contributed by atoms with Crippen LogP contribution < -0.4 is 0 Å². The van der Waals surface area contributed by atoms with Gasteiger partial charge in [-0.25, -0.2) is 4.79 Å². The fraction of sp³-hybridized carbons (Fsp3) is 0.857. The summed E-state index contributed by atoms with van der Waals surface area (Å²) in [5.74, 6) is -0.822. The van der Waals surface area contributed by atoms with E-state index in [2.05, 4.69) is 0 Å². The molecule has 1 fully saturated rings. The zero-order valence-corrected chi connectivity index (χ0v) is 12.9. The Kier molecular flexibility index (Phi) is 5.80. The van der Waals surface area contributed by atoms with Crippen molar-refractivity contribution in [1.82, 2.24) is 9.80 Å². The average Bonchev–Trinajstić information content (AvgIpc) is 2.28. The van der Waals surface area contributed by atoms with Crippen molar-refractivity contribution in [2.45, 2.75) is 51.7 Å². The molecule has 0 aliphatic carbocycles. The molecule has 1 rings (SSSR count). The first-order valence-corrected chi connectivity index (χ1v) is 7.09. The molecule has 1 N–H and O–H groups in total. The average molecular weight is 286 g/mol. The number of carbonyl (C=O) groups is 2. The summed E-state index contributed by atoms with van der Waals surface area (Å²) < 4.78 is 5.31. The Morgan fingerprint density at radius 3 is 2.55 bits per heavy atom. The minimum atomic E-state index is -0.822. The quantitative estimate of drug-likeness (QED) is 0.853. The molecular formula is C14H26N2O4. The first-order valence-electron chi connectivity index (χ1n) is 7.09. The number of carboxylic acid groups (broad SMARTS) is 1. The summed E-state index contributed by atoms with van der Waals surface area (Å²) in [5, 5.41) is 8.93. The van der Waals surface area contributed by atoms with Gasteiger partial charge in [0.25, 0.3) is 0 Å². The van der Waals surface area contributed by atoms with E-state index < -0.39 is 11.6 Å². The molecule has 1 atom stereocenters. The van der Waals surface area contributed by atoms with Crippen LogP contribution >= 0.6 is 0 Å². The lowest BCUT2D eigenvalue weighted by atomic mass is 10.0. The molecular weight excluding hydrogens is 260 g/mol. The molecule has 6 heteroatoms. The van der Waals surface area contributed by atoms with Crippen molar-refractivity contribution in [2.24, 2.45) is 0 Å². The first-order chi connectivity index (χ1) is 9.19. The number of hydrogen-bond acceptors (Lipinski definition) is 4. The van der Waals surface area contributed by atoms with Crippen molar-refractivity contribution in [1.29, 1.82) is 0 Å². The predicted octanol–water partition coefficient (Wildman–Crippen LogP) is 1.79. The molecule has 1 unspecified atom stereocenters. The van der Waals surface area contributed by atoms with Crippen molar-refractivity contribution in [3.8, 4) is 0 Å². The number of rotatable bonds is 4. The summed E-state index contributed by atoms with van der Waals surface area (Å²) in [5.41, 5.74) is -0.515. The molecule has 20 heavy (non-hydrogen) atoms. The van der Waals surface area contributed by atoms with E-state index in [0.717, 1.165) is 25.8 Å². The van der Waals surface area contributed by atoms with E-state index in [1.807, 2.05) is 25.7 Å². The maximum Gasteiger partial charge on any atom is 0.410 e. The van der Waals surface area contributed by atoms with E-state index in [-0.39, 0.29) is 18.7 Å². The van der Waals surface area contributed by atoms with E-state index in [1.165, 1.54) is 4.90 Å². The number of aliphatic carboxylic acids is 1. The van der Waals surface area contributed by atoms with Crippen LogP contribution in [0, 0.1) is 0 Å². The van der Waals surface area contributed by atoms with Crippen LogP contribution in [0.4, 0.5) is 4.79 Å². The molecule has 0 radical (unpaired) electrons. The highest BCUT2D eigenvalue weighted by Crippen LogP contribution is 2.18. The number of likely N-dealkylation sites (tertiary alicyclic amines) is 1. The third-order valence-electron chi connectivity index (χ3n) is 3.28. The monoisotopic (exact) mass is 286 g/mol. The van der Waals surface area contributed by atoms with Crippen molar-refractivity contribution < 1.29 is 19.4 Å². The maximum absolute atomic E-state index is 11.9. The summed E-state index contributed by atoms with van der Waals surface area (Å²) in [6, 6.07) is 0.0948. The standard InChI is InChI=1S/C14H26N2O4/c1-14(2,3)20-13(19)15(4)9-11-7-5-6-8-16(11)10-12(17)18/h11H,5-10H2,1-4H3,(H,17,18). The number of carbonyl (C=O) groups excluding carboxylic acids is 1. The second-order valence-electron chi connectivity index (χ2n) is 6.37. The van der Waals surface area contributed by atoms with Crippen LogP contribution in [0.3, 0.4) is 0 Å². The molecule has 116 valence electrons. The Balaban J connectivity index is 2.55. The molecule has 1 amide bonds. The molecule has 1 aliphatic rings. The lowest BCUT2D eigenvalue weighted by molar-refractivity contribution is -0.139. The summed E-state index contributed by atoms with van der Waals surface area (Å²) in [7, 11) is 1.70. The van der Waals surface area contributed by atoms with Gasteiger partial charge in [-0.3, -0.25) is 9.69 Å². The van der Waals surface area contributed by atoms with Crippen LogP contribution in [0.15, 0.2) is 0 Å². The van der Waals surface area contributed by atoms with Crippen LogP contribution in [-0.2, 0) is 9.53 Å². The number of likely N-dealkylation sites (N-methyl/N-ethyl adjacent to an activating group) is 1. The smallest absolute Gasteiger partial charge is 0.410 e. The predicted molar refractivity (Wildman–Crippen MR) is 75.7 cm³/mol. The Bertz CT molecular complexity index is 352. The number of ether oxygens (including phenoxy) is 1. The molecule has 6 nitrogen and oxygen atoms in total. The zero-order chi connectivity index (χ0) is 15.3. The number of carboxylic acids is 1. The van der Waals surface area contributed by atoms with Gasteiger partial charge in [0.2, 0.25) is 0 Å². The Labute approximate surface area is 120 Å². The van der Waals surface area contributed by atoms with Crippen LogP contribution in [0.25, 0.3) is 0 Å². The van der Waals surface area contributed by atoms with Crippen LogP contribution in [0.1, 0.15) is 40.0 Å². The number of hydrogen-bond donors (Lipinski definition) is 1. The molecule has 0 aromatic heterocycles. The van der Waals surface area contributed by atoms with E-state index in [9.17, 15) is 9.59 Å². The summed E-state index contributed by atoms with van der Waals surface area (Å²) in [4.78, 5) is 26.3. The molecule has 0 saturated carbocycles. The molecule has 1 aliphatic heterocycles. The summed E-state index contributed by atoms with van der Waals surface area (Å²) >= 11 is 0. The van der Waals surface area contributed by atoms with Gasteiger partial charge in [-0.15, -0.1) is 0 Å². The van der Waals surface area contributed by atoms with Crippen LogP contribution in [0.2, 0.25) is 0 Å². The number of piperidine rings is 1. The van der Waals surface area contributed by atoms with Gasteiger partial charge in [0.05, 0.1) is 6.54 Å². The Hall–Kier alpha value is -1.30. The normalized spacial score (nSPS) is 20.5. The molecule has 0 spiro atoms. The number of nitrogens with zero attached hydrogens (tertiary/aromatic N) is 2. The fourth-order valence-corrected chi connectivity index (χ4v) is 2.38. The van der Waals surface area contributed by atoms with Gasteiger partial charge in [-0.05, 0) is 40.2 Å². The SMILES string of the molecule is CN(CC1CCCCN1CC(=O)O)C(=O)OC(C)(C)C. The molecule has 1 saturated heterocycles. The van der Waals surface area contributed by atoms with E-state index in [4.69, 9.17) is 9.84 Å². The highest BCUT2D eigenvalue weighted by molar-refractivity contribution is 5.69. The Morgan fingerprint density at radius 1 is 1.35 bits per heavy atom. The van der Waals surface area contributed by atoms with Crippen LogP contribution in [0.5, 0.6) is 0 Å².